The van der Waals surface area contributed by atoms with Gasteiger partial charge in [0.25, 0.3) is 0 Å². The molecule has 13 heavy (non-hydrogen) atoms. The van der Waals surface area contributed by atoms with Gasteiger partial charge in [-0.3, -0.25) is 0 Å². The number of rotatable bonds is 0. The van der Waals surface area contributed by atoms with Gasteiger partial charge in [0.1, 0.15) is 6.07 Å². The Morgan fingerprint density at radius 2 is 2.15 bits per heavy atom. The van der Waals surface area contributed by atoms with Crippen molar-refractivity contribution in [3.05, 3.63) is 28.4 Å². The van der Waals surface area contributed by atoms with Crippen molar-refractivity contribution in [2.24, 2.45) is 0 Å². The molecule has 2 rings (SSSR count). The minimum absolute atomic E-state index is 0.278. The number of hydrogen-bond donors (Lipinski definition) is 1. The zero-order valence-corrected chi connectivity index (χ0v) is 8.13. The Morgan fingerprint density at radius 3 is 2.85 bits per heavy atom. The highest BCUT2D eigenvalue weighted by molar-refractivity contribution is 9.10. The van der Waals surface area contributed by atoms with Gasteiger partial charge in [-0.15, -0.1) is 0 Å². The maximum absolute atomic E-state index is 8.60. The number of fused-ring (bicyclic) bond motifs is 1. The van der Waals surface area contributed by atoms with E-state index in [0.29, 0.717) is 11.3 Å². The summed E-state index contributed by atoms with van der Waals surface area (Å²) in [6.45, 7) is 0. The van der Waals surface area contributed by atoms with Crippen LogP contribution in [0.5, 0.6) is 0 Å². The van der Waals surface area contributed by atoms with Crippen molar-refractivity contribution in [3.8, 4) is 6.07 Å². The van der Waals surface area contributed by atoms with E-state index in [1.54, 1.807) is 12.1 Å². The number of hydrogen-bond acceptors (Lipinski definition) is 3. The van der Waals surface area contributed by atoms with Gasteiger partial charge < -0.3 is 10.2 Å². The molecule has 64 valence electrons. The highest BCUT2D eigenvalue weighted by Gasteiger charge is 2.06. The van der Waals surface area contributed by atoms with E-state index >= 15 is 0 Å². The van der Waals surface area contributed by atoms with Gasteiger partial charge in [0.2, 0.25) is 5.76 Å². The SMILES string of the molecule is N#Cc1cc2cc(Br)cc(N)c2o1. The van der Waals surface area contributed by atoms with Crippen LogP contribution < -0.4 is 5.73 Å². The monoisotopic (exact) mass is 236 g/mol. The van der Waals surface area contributed by atoms with Gasteiger partial charge in [0, 0.05) is 15.9 Å². The molecule has 2 aromatic rings. The van der Waals surface area contributed by atoms with Gasteiger partial charge in [-0.1, -0.05) is 15.9 Å². The average Bonchev–Trinajstić information content (AvgIpc) is 2.47. The fourth-order valence-electron chi connectivity index (χ4n) is 1.20. The standard InChI is InChI=1S/C9H5BrN2O/c10-6-1-5-2-7(4-11)13-9(5)8(12)3-6/h1-3H,12H2. The van der Waals surface area contributed by atoms with Gasteiger partial charge in [-0.25, -0.2) is 0 Å². The first kappa shape index (κ1) is 8.14. The van der Waals surface area contributed by atoms with Crippen LogP contribution in [0.1, 0.15) is 5.76 Å². The van der Waals surface area contributed by atoms with E-state index in [-0.39, 0.29) is 5.76 Å². The zero-order chi connectivity index (χ0) is 9.42. The molecule has 0 radical (unpaired) electrons. The van der Waals surface area contributed by atoms with Crippen LogP contribution in [0.3, 0.4) is 0 Å². The fourth-order valence-corrected chi connectivity index (χ4v) is 1.69. The number of halogens is 1. The van der Waals surface area contributed by atoms with Gasteiger partial charge in [-0.05, 0) is 12.1 Å². The lowest BCUT2D eigenvalue weighted by molar-refractivity contribution is 0.600. The molecule has 0 bridgehead atoms. The molecule has 1 aromatic carbocycles. The maximum atomic E-state index is 8.60. The van der Waals surface area contributed by atoms with Crippen LogP contribution in [0, 0.1) is 11.3 Å². The first-order valence-corrected chi connectivity index (χ1v) is 4.38. The molecule has 3 nitrogen and oxygen atoms in total. The highest BCUT2D eigenvalue weighted by atomic mass is 79.9. The van der Waals surface area contributed by atoms with Crippen LogP contribution in [0.25, 0.3) is 11.0 Å². The van der Waals surface area contributed by atoms with E-state index in [9.17, 15) is 0 Å². The Balaban J connectivity index is 2.84. The minimum Gasteiger partial charge on any atom is -0.443 e. The van der Waals surface area contributed by atoms with Crippen molar-refractivity contribution in [2.75, 3.05) is 5.73 Å². The molecule has 0 spiro atoms. The molecule has 0 saturated heterocycles. The lowest BCUT2D eigenvalue weighted by Crippen LogP contribution is -1.84. The summed E-state index contributed by atoms with van der Waals surface area (Å²) in [7, 11) is 0. The zero-order valence-electron chi connectivity index (χ0n) is 6.54. The number of furan rings is 1. The molecule has 0 unspecified atom stereocenters. The van der Waals surface area contributed by atoms with Crippen molar-refractivity contribution in [1.29, 1.82) is 5.26 Å². The Bertz CT molecular complexity index is 510. The topological polar surface area (TPSA) is 63.0 Å². The summed E-state index contributed by atoms with van der Waals surface area (Å²) >= 11 is 3.31. The van der Waals surface area contributed by atoms with Gasteiger partial charge >= 0.3 is 0 Å². The number of nitrogen functional groups attached to an aromatic ring is 1. The third kappa shape index (κ3) is 1.27. The summed E-state index contributed by atoms with van der Waals surface area (Å²) < 4.78 is 6.07. The number of anilines is 1. The first-order valence-electron chi connectivity index (χ1n) is 3.59. The molecule has 1 aromatic heterocycles. The second-order valence-corrected chi connectivity index (χ2v) is 3.55. The lowest BCUT2D eigenvalue weighted by Gasteiger charge is -1.94. The second-order valence-electron chi connectivity index (χ2n) is 2.64. The van der Waals surface area contributed by atoms with Crippen LogP contribution in [-0.2, 0) is 0 Å². The molecule has 4 heteroatoms. The fraction of sp³-hybridized carbons (Fsp3) is 0. The molecule has 0 aliphatic rings. The summed E-state index contributed by atoms with van der Waals surface area (Å²) in [4.78, 5) is 0. The third-order valence-corrected chi connectivity index (χ3v) is 2.18. The summed E-state index contributed by atoms with van der Waals surface area (Å²) in [6, 6.07) is 7.19. The molecule has 2 N–H and O–H groups in total. The van der Waals surface area contributed by atoms with E-state index in [1.165, 1.54) is 0 Å². The molecule has 0 aliphatic heterocycles. The normalized spacial score (nSPS) is 10.2. The van der Waals surface area contributed by atoms with Crippen LogP contribution >= 0.6 is 15.9 Å². The first-order chi connectivity index (χ1) is 6.20. The number of benzene rings is 1. The summed E-state index contributed by atoms with van der Waals surface area (Å²) in [5.74, 6) is 0.278. The largest absolute Gasteiger partial charge is 0.443 e. The smallest absolute Gasteiger partial charge is 0.204 e. The molecule has 0 amide bonds. The Labute approximate surface area is 82.9 Å². The Kier molecular flexibility index (Phi) is 1.74. The van der Waals surface area contributed by atoms with Crippen molar-refractivity contribution >= 4 is 32.6 Å². The highest BCUT2D eigenvalue weighted by Crippen LogP contribution is 2.28. The molecule has 0 aliphatic carbocycles. The maximum Gasteiger partial charge on any atom is 0.204 e. The van der Waals surface area contributed by atoms with E-state index in [1.807, 2.05) is 12.1 Å². The van der Waals surface area contributed by atoms with Crippen molar-refractivity contribution < 1.29 is 4.42 Å². The molecule has 0 saturated carbocycles. The van der Waals surface area contributed by atoms with Crippen LogP contribution in [0.2, 0.25) is 0 Å². The average molecular weight is 237 g/mol. The molecule has 0 atom stereocenters. The molecule has 0 fully saturated rings. The minimum atomic E-state index is 0.278. The Hall–Kier alpha value is -1.47. The van der Waals surface area contributed by atoms with Crippen LogP contribution in [0.15, 0.2) is 27.1 Å². The van der Waals surface area contributed by atoms with Gasteiger partial charge in [0.05, 0.1) is 5.69 Å². The molecule has 1 heterocycles. The van der Waals surface area contributed by atoms with E-state index < -0.39 is 0 Å². The van der Waals surface area contributed by atoms with Crippen molar-refractivity contribution in [3.63, 3.8) is 0 Å². The van der Waals surface area contributed by atoms with Crippen LogP contribution in [-0.4, -0.2) is 0 Å². The second kappa shape index (κ2) is 2.79. The predicted molar refractivity (Wildman–Crippen MR) is 53.0 cm³/mol. The number of nitriles is 1. The van der Waals surface area contributed by atoms with Crippen LogP contribution in [0.4, 0.5) is 5.69 Å². The van der Waals surface area contributed by atoms with E-state index in [0.717, 1.165) is 9.86 Å². The third-order valence-electron chi connectivity index (χ3n) is 1.72. The summed E-state index contributed by atoms with van der Waals surface area (Å²) in [5, 5.41) is 9.44. The number of nitrogens with two attached hydrogens (primary N) is 1. The number of nitrogens with zero attached hydrogens (tertiary/aromatic N) is 1. The predicted octanol–water partition coefficient (Wildman–Crippen LogP) is 2.65. The lowest BCUT2D eigenvalue weighted by atomic mass is 10.2. The quantitative estimate of drug-likeness (QED) is 0.716. The van der Waals surface area contributed by atoms with E-state index in [4.69, 9.17) is 15.4 Å². The Morgan fingerprint density at radius 1 is 1.38 bits per heavy atom. The summed E-state index contributed by atoms with van der Waals surface area (Å²) in [6.07, 6.45) is 0. The van der Waals surface area contributed by atoms with Crippen molar-refractivity contribution in [1.82, 2.24) is 0 Å². The van der Waals surface area contributed by atoms with Crippen molar-refractivity contribution in [2.45, 2.75) is 0 Å². The molecular weight excluding hydrogens is 232 g/mol. The molecular formula is C9H5BrN2O. The van der Waals surface area contributed by atoms with Gasteiger partial charge in [0.15, 0.2) is 5.58 Å². The summed E-state index contributed by atoms with van der Waals surface area (Å²) in [5.41, 5.74) is 6.79. The van der Waals surface area contributed by atoms with Gasteiger partial charge in [-0.2, -0.15) is 5.26 Å². The van der Waals surface area contributed by atoms with E-state index in [2.05, 4.69) is 15.9 Å².